The molecule has 1 nitrogen and oxygen atoms in total. The van der Waals surface area contributed by atoms with Crippen LogP contribution in [0.5, 0.6) is 0 Å². The Labute approximate surface area is 96.7 Å². The van der Waals surface area contributed by atoms with Gasteiger partial charge in [0.1, 0.15) is 0 Å². The van der Waals surface area contributed by atoms with Crippen molar-refractivity contribution < 1.29 is 0 Å². The van der Waals surface area contributed by atoms with Crippen LogP contribution in [-0.4, -0.2) is 0 Å². The third kappa shape index (κ3) is 2.43. The van der Waals surface area contributed by atoms with Crippen LogP contribution in [0.1, 0.15) is 51.5 Å². The van der Waals surface area contributed by atoms with Gasteiger partial charge >= 0.3 is 0 Å². The van der Waals surface area contributed by atoms with Crippen molar-refractivity contribution in [1.29, 1.82) is 0 Å². The molecular weight excluding hydrogens is 202 g/mol. The summed E-state index contributed by atoms with van der Waals surface area (Å²) < 4.78 is 0. The zero-order valence-electron chi connectivity index (χ0n) is 9.75. The first-order valence-electron chi connectivity index (χ1n) is 5.83. The molecule has 0 bridgehead atoms. The van der Waals surface area contributed by atoms with E-state index in [-0.39, 0.29) is 5.54 Å². The summed E-state index contributed by atoms with van der Waals surface area (Å²) in [5, 5.41) is 4.36. The number of rotatable bonds is 1. The van der Waals surface area contributed by atoms with E-state index in [1.165, 1.54) is 24.8 Å². The molecule has 0 radical (unpaired) electrons. The van der Waals surface area contributed by atoms with E-state index in [9.17, 15) is 0 Å². The van der Waals surface area contributed by atoms with Crippen molar-refractivity contribution in [1.82, 2.24) is 0 Å². The number of thiophene rings is 1. The third-order valence-electron chi connectivity index (χ3n) is 3.82. The third-order valence-corrected chi connectivity index (χ3v) is 4.50. The van der Waals surface area contributed by atoms with Crippen LogP contribution in [0.15, 0.2) is 16.8 Å². The molecule has 2 rings (SSSR count). The van der Waals surface area contributed by atoms with Crippen LogP contribution >= 0.6 is 11.3 Å². The molecule has 1 aliphatic carbocycles. The normalized spacial score (nSPS) is 31.1. The van der Waals surface area contributed by atoms with Gasteiger partial charge in [0.2, 0.25) is 0 Å². The molecule has 0 aromatic carbocycles. The van der Waals surface area contributed by atoms with Crippen molar-refractivity contribution in [3.05, 3.63) is 22.4 Å². The maximum Gasteiger partial charge on any atom is 0.0418 e. The van der Waals surface area contributed by atoms with Crippen LogP contribution in [0.3, 0.4) is 0 Å². The molecule has 15 heavy (non-hydrogen) atoms. The van der Waals surface area contributed by atoms with Crippen molar-refractivity contribution in [2.45, 2.75) is 51.5 Å². The Bertz CT molecular complexity index is 315. The molecule has 84 valence electrons. The van der Waals surface area contributed by atoms with Crippen LogP contribution < -0.4 is 5.73 Å². The van der Waals surface area contributed by atoms with Gasteiger partial charge in [0.15, 0.2) is 0 Å². The van der Waals surface area contributed by atoms with Gasteiger partial charge in [0.05, 0.1) is 0 Å². The zero-order chi connectivity index (χ0) is 10.9. The van der Waals surface area contributed by atoms with E-state index in [0.29, 0.717) is 5.41 Å². The van der Waals surface area contributed by atoms with E-state index in [1.54, 1.807) is 11.3 Å². The first-order valence-corrected chi connectivity index (χ1v) is 6.78. The predicted octanol–water partition coefficient (Wildman–Crippen LogP) is 3.89. The lowest BCUT2D eigenvalue weighted by atomic mass is 9.82. The van der Waals surface area contributed by atoms with E-state index >= 15 is 0 Å². The van der Waals surface area contributed by atoms with E-state index in [4.69, 9.17) is 5.73 Å². The second-order valence-electron chi connectivity index (χ2n) is 5.69. The van der Waals surface area contributed by atoms with Gasteiger partial charge in [-0.05, 0) is 53.5 Å². The Morgan fingerprint density at radius 3 is 2.67 bits per heavy atom. The lowest BCUT2D eigenvalue weighted by molar-refractivity contribution is 0.299. The molecule has 1 unspecified atom stereocenters. The molecule has 0 aliphatic heterocycles. The van der Waals surface area contributed by atoms with Gasteiger partial charge in [0.25, 0.3) is 0 Å². The number of nitrogens with two attached hydrogens (primary N) is 1. The van der Waals surface area contributed by atoms with Crippen molar-refractivity contribution in [3.63, 3.8) is 0 Å². The molecule has 1 aromatic heterocycles. The minimum Gasteiger partial charge on any atom is -0.321 e. The zero-order valence-corrected chi connectivity index (χ0v) is 10.6. The standard InChI is InChI=1S/C13H21NS/c1-12(2)5-3-6-13(14,8-7-12)11-4-9-15-10-11/h4,9-10H,3,5-8,14H2,1-2H3. The van der Waals surface area contributed by atoms with Gasteiger partial charge < -0.3 is 5.73 Å². The molecular formula is C13H21NS. The van der Waals surface area contributed by atoms with Gasteiger partial charge in [-0.1, -0.05) is 20.3 Å². The summed E-state index contributed by atoms with van der Waals surface area (Å²) in [7, 11) is 0. The van der Waals surface area contributed by atoms with E-state index in [2.05, 4.69) is 30.7 Å². The van der Waals surface area contributed by atoms with Gasteiger partial charge in [-0.25, -0.2) is 0 Å². The molecule has 1 heterocycles. The Morgan fingerprint density at radius 2 is 2.00 bits per heavy atom. The molecule has 1 aromatic rings. The fourth-order valence-electron chi connectivity index (χ4n) is 2.53. The fraction of sp³-hybridized carbons (Fsp3) is 0.692. The van der Waals surface area contributed by atoms with E-state index in [0.717, 1.165) is 12.8 Å². The lowest BCUT2D eigenvalue weighted by Crippen LogP contribution is -2.35. The highest BCUT2D eigenvalue weighted by molar-refractivity contribution is 7.08. The average Bonchev–Trinajstić information content (AvgIpc) is 2.64. The highest BCUT2D eigenvalue weighted by Gasteiger charge is 2.33. The van der Waals surface area contributed by atoms with E-state index < -0.39 is 0 Å². The van der Waals surface area contributed by atoms with Gasteiger partial charge in [-0.15, -0.1) is 0 Å². The van der Waals surface area contributed by atoms with Crippen LogP contribution in [0.25, 0.3) is 0 Å². The van der Waals surface area contributed by atoms with E-state index in [1.807, 2.05) is 0 Å². The molecule has 1 fully saturated rings. The summed E-state index contributed by atoms with van der Waals surface area (Å²) in [6.45, 7) is 4.73. The summed E-state index contributed by atoms with van der Waals surface area (Å²) in [4.78, 5) is 0. The molecule has 1 atom stereocenters. The smallest absolute Gasteiger partial charge is 0.0418 e. The van der Waals surface area contributed by atoms with Crippen LogP contribution in [0.2, 0.25) is 0 Å². The molecule has 2 N–H and O–H groups in total. The molecule has 2 heteroatoms. The van der Waals surface area contributed by atoms with Gasteiger partial charge in [-0.2, -0.15) is 11.3 Å². The summed E-state index contributed by atoms with van der Waals surface area (Å²) in [6, 6.07) is 2.20. The highest BCUT2D eigenvalue weighted by atomic mass is 32.1. The van der Waals surface area contributed by atoms with Crippen molar-refractivity contribution in [2.75, 3.05) is 0 Å². The Balaban J connectivity index is 2.17. The average molecular weight is 223 g/mol. The lowest BCUT2D eigenvalue weighted by Gasteiger charge is -2.28. The fourth-order valence-corrected chi connectivity index (χ4v) is 3.29. The highest BCUT2D eigenvalue weighted by Crippen LogP contribution is 2.41. The quantitative estimate of drug-likeness (QED) is 0.718. The molecule has 0 saturated heterocycles. The first-order chi connectivity index (χ1) is 7.02. The Hall–Kier alpha value is -0.340. The topological polar surface area (TPSA) is 26.0 Å². The predicted molar refractivity (Wildman–Crippen MR) is 67.1 cm³/mol. The second-order valence-corrected chi connectivity index (χ2v) is 6.47. The SMILES string of the molecule is CC1(C)CCCC(N)(c2ccsc2)CC1. The van der Waals surface area contributed by atoms with Crippen molar-refractivity contribution in [2.24, 2.45) is 11.1 Å². The molecule has 1 aliphatic rings. The minimum absolute atomic E-state index is 0.0478. The summed E-state index contributed by atoms with van der Waals surface area (Å²) in [6.07, 6.45) is 6.11. The molecule has 0 spiro atoms. The maximum atomic E-state index is 6.55. The largest absolute Gasteiger partial charge is 0.321 e. The summed E-state index contributed by atoms with van der Waals surface area (Å²) in [5.74, 6) is 0. The van der Waals surface area contributed by atoms with Crippen molar-refractivity contribution in [3.8, 4) is 0 Å². The molecule has 0 amide bonds. The summed E-state index contributed by atoms with van der Waals surface area (Å²) in [5.41, 5.74) is 8.34. The summed E-state index contributed by atoms with van der Waals surface area (Å²) >= 11 is 1.76. The maximum absolute atomic E-state index is 6.55. The van der Waals surface area contributed by atoms with Crippen LogP contribution in [-0.2, 0) is 5.54 Å². The van der Waals surface area contributed by atoms with Gasteiger partial charge in [0, 0.05) is 5.54 Å². The van der Waals surface area contributed by atoms with Gasteiger partial charge in [-0.3, -0.25) is 0 Å². The number of hydrogen-bond donors (Lipinski definition) is 1. The van der Waals surface area contributed by atoms with Crippen LogP contribution in [0.4, 0.5) is 0 Å². The Morgan fingerprint density at radius 1 is 1.20 bits per heavy atom. The monoisotopic (exact) mass is 223 g/mol. The minimum atomic E-state index is -0.0478. The van der Waals surface area contributed by atoms with Crippen LogP contribution in [0, 0.1) is 5.41 Å². The first kappa shape index (κ1) is 11.2. The Kier molecular flexibility index (Phi) is 2.91. The van der Waals surface area contributed by atoms with Crippen molar-refractivity contribution >= 4 is 11.3 Å². The number of hydrogen-bond acceptors (Lipinski definition) is 2. The molecule has 1 saturated carbocycles. The second kappa shape index (κ2) is 3.91.